The minimum absolute atomic E-state index is 0.716. The Morgan fingerprint density at radius 1 is 1.31 bits per heavy atom. The lowest BCUT2D eigenvalue weighted by atomic mass is 10.0. The van der Waals surface area contributed by atoms with Gasteiger partial charge in [0, 0.05) is 26.8 Å². The highest BCUT2D eigenvalue weighted by atomic mass is 16.5. The molecule has 0 atom stereocenters. The molecule has 0 unspecified atom stereocenters. The number of aromatic nitrogens is 1. The Bertz CT molecular complexity index is 324. The molecule has 0 aliphatic carbocycles. The Hall–Kier alpha value is -1.29. The molecular formula is C12H19N3O. The summed E-state index contributed by atoms with van der Waals surface area (Å²) in [6.45, 7) is 2.79. The molecule has 1 fully saturated rings. The van der Waals surface area contributed by atoms with Crippen molar-refractivity contribution in [3.8, 4) is 0 Å². The second-order valence-electron chi connectivity index (χ2n) is 4.09. The Kier molecular flexibility index (Phi) is 3.99. The quantitative estimate of drug-likeness (QED) is 0.816. The first-order valence-corrected chi connectivity index (χ1v) is 5.85. The van der Waals surface area contributed by atoms with Crippen LogP contribution in [-0.4, -0.2) is 31.8 Å². The Morgan fingerprint density at radius 3 is 2.81 bits per heavy atom. The molecule has 2 N–H and O–H groups in total. The molecule has 88 valence electrons. The van der Waals surface area contributed by atoms with E-state index in [0.717, 1.165) is 44.2 Å². The van der Waals surface area contributed by atoms with E-state index in [1.165, 1.54) is 0 Å². The van der Waals surface area contributed by atoms with E-state index in [1.54, 1.807) is 0 Å². The van der Waals surface area contributed by atoms with Gasteiger partial charge in [0.25, 0.3) is 0 Å². The molecule has 1 aromatic heterocycles. The number of nitrogens with zero attached hydrogens (tertiary/aromatic N) is 1. The average molecular weight is 221 g/mol. The van der Waals surface area contributed by atoms with E-state index in [4.69, 9.17) is 4.74 Å². The second kappa shape index (κ2) is 5.70. The first kappa shape index (κ1) is 11.2. The average Bonchev–Trinajstić information content (AvgIpc) is 2.38. The maximum atomic E-state index is 5.33. The predicted octanol–water partition coefficient (Wildman–Crippen LogP) is 1.96. The monoisotopic (exact) mass is 221 g/mol. The highest BCUT2D eigenvalue weighted by Crippen LogP contribution is 2.16. The molecule has 0 radical (unpaired) electrons. The Labute approximate surface area is 96.4 Å². The first-order valence-electron chi connectivity index (χ1n) is 5.85. The van der Waals surface area contributed by atoms with Gasteiger partial charge < -0.3 is 15.4 Å². The maximum absolute atomic E-state index is 5.33. The number of hydrogen-bond donors (Lipinski definition) is 2. The first-order chi connectivity index (χ1) is 7.88. The second-order valence-corrected chi connectivity index (χ2v) is 4.09. The number of pyridine rings is 1. The van der Waals surface area contributed by atoms with Crippen LogP contribution in [0, 0.1) is 5.92 Å². The van der Waals surface area contributed by atoms with Gasteiger partial charge in [-0.05, 0) is 30.9 Å². The molecule has 4 heteroatoms. The van der Waals surface area contributed by atoms with Gasteiger partial charge in [0.05, 0.1) is 0 Å². The summed E-state index contributed by atoms with van der Waals surface area (Å²) >= 11 is 0. The van der Waals surface area contributed by atoms with Crippen molar-refractivity contribution in [3.05, 3.63) is 18.2 Å². The van der Waals surface area contributed by atoms with Crippen molar-refractivity contribution >= 4 is 11.6 Å². The van der Waals surface area contributed by atoms with E-state index in [9.17, 15) is 0 Å². The van der Waals surface area contributed by atoms with Gasteiger partial charge >= 0.3 is 0 Å². The van der Waals surface area contributed by atoms with Gasteiger partial charge in [0.2, 0.25) is 0 Å². The highest BCUT2D eigenvalue weighted by molar-refractivity contribution is 5.44. The van der Waals surface area contributed by atoms with Gasteiger partial charge in [-0.15, -0.1) is 0 Å². The lowest BCUT2D eigenvalue weighted by Crippen LogP contribution is -2.22. The largest absolute Gasteiger partial charge is 0.381 e. The van der Waals surface area contributed by atoms with Crippen LogP contribution < -0.4 is 10.6 Å². The third-order valence-corrected chi connectivity index (χ3v) is 2.92. The van der Waals surface area contributed by atoms with E-state index in [-0.39, 0.29) is 0 Å². The number of anilines is 2. The summed E-state index contributed by atoms with van der Waals surface area (Å²) in [6, 6.07) is 5.96. The van der Waals surface area contributed by atoms with Gasteiger partial charge in [0.15, 0.2) is 0 Å². The van der Waals surface area contributed by atoms with Crippen LogP contribution in [0.15, 0.2) is 18.2 Å². The fourth-order valence-corrected chi connectivity index (χ4v) is 1.87. The lowest BCUT2D eigenvalue weighted by Gasteiger charge is -2.22. The maximum Gasteiger partial charge on any atom is 0.128 e. The topological polar surface area (TPSA) is 46.2 Å². The molecule has 0 aromatic carbocycles. The third kappa shape index (κ3) is 3.10. The van der Waals surface area contributed by atoms with E-state index >= 15 is 0 Å². The summed E-state index contributed by atoms with van der Waals surface area (Å²) in [7, 11) is 1.88. The van der Waals surface area contributed by atoms with Crippen LogP contribution in [0.1, 0.15) is 12.8 Å². The van der Waals surface area contributed by atoms with Crippen LogP contribution in [0.2, 0.25) is 0 Å². The van der Waals surface area contributed by atoms with Crippen LogP contribution in [-0.2, 0) is 4.74 Å². The normalized spacial score (nSPS) is 17.1. The molecule has 2 rings (SSSR count). The van der Waals surface area contributed by atoms with Crippen molar-refractivity contribution in [1.29, 1.82) is 0 Å². The highest BCUT2D eigenvalue weighted by Gasteiger charge is 2.13. The molecule has 4 nitrogen and oxygen atoms in total. The van der Waals surface area contributed by atoms with Crippen molar-refractivity contribution in [2.75, 3.05) is 37.4 Å². The van der Waals surface area contributed by atoms with Gasteiger partial charge in [-0.2, -0.15) is 0 Å². The molecule has 0 bridgehead atoms. The standard InChI is InChI=1S/C12H19N3O/c1-13-11-3-2-4-12(15-11)14-9-10-5-7-16-8-6-10/h2-4,10H,5-9H2,1H3,(H2,13,14,15). The van der Waals surface area contributed by atoms with Crippen molar-refractivity contribution in [1.82, 2.24) is 4.98 Å². The lowest BCUT2D eigenvalue weighted by molar-refractivity contribution is 0.0699. The SMILES string of the molecule is CNc1cccc(NCC2CCOCC2)n1. The number of rotatable bonds is 4. The zero-order valence-electron chi connectivity index (χ0n) is 9.70. The molecule has 16 heavy (non-hydrogen) atoms. The van der Waals surface area contributed by atoms with Crippen molar-refractivity contribution in [3.63, 3.8) is 0 Å². The van der Waals surface area contributed by atoms with Gasteiger partial charge in [-0.25, -0.2) is 4.98 Å². The zero-order valence-corrected chi connectivity index (χ0v) is 9.70. The summed E-state index contributed by atoms with van der Waals surface area (Å²) in [4.78, 5) is 4.42. The summed E-state index contributed by atoms with van der Waals surface area (Å²) < 4.78 is 5.33. The molecule has 1 aliphatic rings. The minimum atomic E-state index is 0.716. The summed E-state index contributed by atoms with van der Waals surface area (Å²) in [6.07, 6.45) is 2.30. The molecule has 0 amide bonds. The summed E-state index contributed by atoms with van der Waals surface area (Å²) in [5.41, 5.74) is 0. The zero-order chi connectivity index (χ0) is 11.2. The summed E-state index contributed by atoms with van der Waals surface area (Å²) in [5, 5.41) is 6.42. The molecule has 1 aliphatic heterocycles. The smallest absolute Gasteiger partial charge is 0.128 e. The fourth-order valence-electron chi connectivity index (χ4n) is 1.87. The van der Waals surface area contributed by atoms with E-state index in [2.05, 4.69) is 15.6 Å². The van der Waals surface area contributed by atoms with Gasteiger partial charge in [0.1, 0.15) is 11.6 Å². The van der Waals surface area contributed by atoms with E-state index < -0.39 is 0 Å². The number of nitrogens with one attached hydrogen (secondary N) is 2. The van der Waals surface area contributed by atoms with Crippen LogP contribution in [0.3, 0.4) is 0 Å². The number of hydrogen-bond acceptors (Lipinski definition) is 4. The van der Waals surface area contributed by atoms with E-state index in [0.29, 0.717) is 5.92 Å². The van der Waals surface area contributed by atoms with Crippen LogP contribution >= 0.6 is 0 Å². The molecule has 0 spiro atoms. The van der Waals surface area contributed by atoms with Crippen LogP contribution in [0.4, 0.5) is 11.6 Å². The van der Waals surface area contributed by atoms with Crippen molar-refractivity contribution in [2.24, 2.45) is 5.92 Å². The third-order valence-electron chi connectivity index (χ3n) is 2.92. The van der Waals surface area contributed by atoms with Crippen molar-refractivity contribution in [2.45, 2.75) is 12.8 Å². The van der Waals surface area contributed by atoms with Gasteiger partial charge in [-0.3, -0.25) is 0 Å². The molecular weight excluding hydrogens is 202 g/mol. The minimum Gasteiger partial charge on any atom is -0.381 e. The van der Waals surface area contributed by atoms with Crippen molar-refractivity contribution < 1.29 is 4.74 Å². The Morgan fingerprint density at radius 2 is 2.06 bits per heavy atom. The van der Waals surface area contributed by atoms with Crippen LogP contribution in [0.5, 0.6) is 0 Å². The molecule has 0 saturated carbocycles. The molecule has 2 heterocycles. The number of ether oxygens (including phenoxy) is 1. The Balaban J connectivity index is 1.83. The van der Waals surface area contributed by atoms with Gasteiger partial charge in [-0.1, -0.05) is 6.07 Å². The fraction of sp³-hybridized carbons (Fsp3) is 0.583. The van der Waals surface area contributed by atoms with Crippen LogP contribution in [0.25, 0.3) is 0 Å². The predicted molar refractivity (Wildman–Crippen MR) is 65.8 cm³/mol. The van der Waals surface area contributed by atoms with E-state index in [1.807, 2.05) is 25.2 Å². The molecule has 1 saturated heterocycles. The molecule has 1 aromatic rings. The summed E-state index contributed by atoms with van der Waals surface area (Å²) in [5.74, 6) is 2.56.